The lowest BCUT2D eigenvalue weighted by atomic mass is 10.4. The monoisotopic (exact) mass is 206 g/mol. The molecule has 5 heteroatoms. The second kappa shape index (κ2) is 4.72. The molecule has 1 rings (SSSR count). The van der Waals surface area contributed by atoms with Gasteiger partial charge in [-0.05, 0) is 12.7 Å². The summed E-state index contributed by atoms with van der Waals surface area (Å²) in [6, 6.07) is 0. The summed E-state index contributed by atoms with van der Waals surface area (Å²) < 4.78 is 4.87. The van der Waals surface area contributed by atoms with Gasteiger partial charge in [0.2, 0.25) is 5.89 Å². The quantitative estimate of drug-likeness (QED) is 0.710. The molecule has 0 spiro atoms. The highest BCUT2D eigenvalue weighted by atomic mass is 35.5. The van der Waals surface area contributed by atoms with Gasteiger partial charge in [-0.15, -0.1) is 11.6 Å². The van der Waals surface area contributed by atoms with Crippen molar-refractivity contribution >= 4 is 23.4 Å². The van der Waals surface area contributed by atoms with Crippen LogP contribution in [0.25, 0.3) is 0 Å². The van der Waals surface area contributed by atoms with Gasteiger partial charge in [-0.2, -0.15) is 16.7 Å². The van der Waals surface area contributed by atoms with E-state index in [0.717, 1.165) is 11.6 Å². The normalized spacial score (nSPS) is 13.2. The number of aromatic nitrogens is 2. The molecule has 1 aromatic rings. The molecule has 1 unspecified atom stereocenters. The van der Waals surface area contributed by atoms with E-state index >= 15 is 0 Å². The molecule has 0 aliphatic rings. The Labute approximate surface area is 80.9 Å². The van der Waals surface area contributed by atoms with Crippen molar-refractivity contribution in [3.8, 4) is 0 Å². The highest BCUT2D eigenvalue weighted by Crippen LogP contribution is 2.25. The molecule has 68 valence electrons. The molecule has 0 aromatic carbocycles. The Morgan fingerprint density at radius 1 is 1.67 bits per heavy atom. The number of rotatable bonds is 4. The van der Waals surface area contributed by atoms with E-state index in [9.17, 15) is 0 Å². The summed E-state index contributed by atoms with van der Waals surface area (Å²) in [7, 11) is 0. The molecule has 0 fully saturated rings. The first kappa shape index (κ1) is 9.86. The molecule has 0 N–H and O–H groups in total. The lowest BCUT2D eigenvalue weighted by Gasteiger charge is -2.01. The van der Waals surface area contributed by atoms with Gasteiger partial charge in [0.05, 0.1) is 5.25 Å². The van der Waals surface area contributed by atoms with Crippen LogP contribution in [0.1, 0.15) is 30.8 Å². The van der Waals surface area contributed by atoms with Crippen LogP contribution in [0.4, 0.5) is 0 Å². The van der Waals surface area contributed by atoms with Crippen molar-refractivity contribution in [2.75, 3.05) is 5.75 Å². The maximum absolute atomic E-state index is 5.52. The Bertz CT molecular complexity index is 241. The predicted octanol–water partition coefficient (Wildman–Crippen LogP) is 2.62. The van der Waals surface area contributed by atoms with Crippen molar-refractivity contribution < 1.29 is 4.52 Å². The van der Waals surface area contributed by atoms with Gasteiger partial charge >= 0.3 is 0 Å². The average Bonchev–Trinajstić information content (AvgIpc) is 2.52. The van der Waals surface area contributed by atoms with Crippen molar-refractivity contribution in [3.63, 3.8) is 0 Å². The summed E-state index contributed by atoms with van der Waals surface area (Å²) in [5.74, 6) is 2.57. The Morgan fingerprint density at radius 2 is 2.42 bits per heavy atom. The zero-order valence-corrected chi connectivity index (χ0v) is 8.65. The predicted molar refractivity (Wildman–Crippen MR) is 50.4 cm³/mol. The largest absolute Gasteiger partial charge is 0.338 e. The number of halogens is 1. The molecular weight excluding hydrogens is 196 g/mol. The number of hydrogen-bond donors (Lipinski definition) is 0. The van der Waals surface area contributed by atoms with E-state index in [1.54, 1.807) is 11.8 Å². The zero-order chi connectivity index (χ0) is 8.97. The number of hydrogen-bond acceptors (Lipinski definition) is 4. The van der Waals surface area contributed by atoms with Crippen molar-refractivity contribution in [1.29, 1.82) is 0 Å². The van der Waals surface area contributed by atoms with E-state index in [1.165, 1.54) is 0 Å². The van der Waals surface area contributed by atoms with Crippen LogP contribution < -0.4 is 0 Å². The van der Waals surface area contributed by atoms with Crippen molar-refractivity contribution in [3.05, 3.63) is 11.7 Å². The van der Waals surface area contributed by atoms with Crippen LogP contribution in [0.2, 0.25) is 0 Å². The van der Waals surface area contributed by atoms with Crippen LogP contribution in [0.3, 0.4) is 0 Å². The van der Waals surface area contributed by atoms with Gasteiger partial charge in [0.25, 0.3) is 0 Å². The highest BCUT2D eigenvalue weighted by molar-refractivity contribution is 7.99. The lowest BCUT2D eigenvalue weighted by Crippen LogP contribution is -1.91. The molecule has 1 atom stereocenters. The second-order valence-electron chi connectivity index (χ2n) is 2.28. The minimum Gasteiger partial charge on any atom is -0.338 e. The highest BCUT2D eigenvalue weighted by Gasteiger charge is 2.12. The van der Waals surface area contributed by atoms with Gasteiger partial charge in [-0.25, -0.2) is 0 Å². The third-order valence-electron chi connectivity index (χ3n) is 1.38. The van der Waals surface area contributed by atoms with Crippen LogP contribution in [-0.2, 0) is 5.88 Å². The van der Waals surface area contributed by atoms with Crippen LogP contribution in [0.15, 0.2) is 4.52 Å². The average molecular weight is 207 g/mol. The van der Waals surface area contributed by atoms with E-state index in [1.807, 2.05) is 0 Å². The summed E-state index contributed by atoms with van der Waals surface area (Å²) in [5.41, 5.74) is 0. The Kier molecular flexibility index (Phi) is 3.88. The van der Waals surface area contributed by atoms with Crippen molar-refractivity contribution in [1.82, 2.24) is 10.1 Å². The van der Waals surface area contributed by atoms with Gasteiger partial charge < -0.3 is 4.52 Å². The van der Waals surface area contributed by atoms with E-state index < -0.39 is 0 Å². The SMILES string of the molecule is CCSC(C)c1noc(CCl)n1. The van der Waals surface area contributed by atoms with Gasteiger partial charge in [0.15, 0.2) is 5.82 Å². The Balaban J connectivity index is 2.61. The summed E-state index contributed by atoms with van der Waals surface area (Å²) >= 11 is 7.30. The number of thioether (sulfide) groups is 1. The van der Waals surface area contributed by atoms with E-state index in [4.69, 9.17) is 16.1 Å². The molecule has 0 saturated heterocycles. The first-order valence-electron chi connectivity index (χ1n) is 3.78. The fraction of sp³-hybridized carbons (Fsp3) is 0.714. The molecule has 0 bridgehead atoms. The van der Waals surface area contributed by atoms with Crippen LogP contribution >= 0.6 is 23.4 Å². The lowest BCUT2D eigenvalue weighted by molar-refractivity contribution is 0.384. The van der Waals surface area contributed by atoms with Gasteiger partial charge in [0.1, 0.15) is 5.88 Å². The van der Waals surface area contributed by atoms with E-state index in [2.05, 4.69) is 24.0 Å². The molecule has 1 heterocycles. The Hall–Kier alpha value is -0.220. The zero-order valence-electron chi connectivity index (χ0n) is 7.08. The second-order valence-corrected chi connectivity index (χ2v) is 4.16. The fourth-order valence-electron chi connectivity index (χ4n) is 0.812. The smallest absolute Gasteiger partial charge is 0.241 e. The number of alkyl halides is 1. The standard InChI is InChI=1S/C7H11ClN2OS/c1-3-12-5(2)7-9-6(4-8)11-10-7/h5H,3-4H2,1-2H3. The van der Waals surface area contributed by atoms with Crippen LogP contribution in [0, 0.1) is 0 Å². The number of nitrogens with zero attached hydrogens (tertiary/aromatic N) is 2. The molecular formula is C7H11ClN2OS. The van der Waals surface area contributed by atoms with Gasteiger partial charge in [0, 0.05) is 0 Å². The van der Waals surface area contributed by atoms with Crippen LogP contribution in [0.5, 0.6) is 0 Å². The van der Waals surface area contributed by atoms with Crippen LogP contribution in [-0.4, -0.2) is 15.9 Å². The molecule has 0 aliphatic heterocycles. The third-order valence-corrected chi connectivity index (χ3v) is 2.65. The maximum atomic E-state index is 5.52. The first-order valence-corrected chi connectivity index (χ1v) is 5.36. The van der Waals surface area contributed by atoms with Gasteiger partial charge in [-0.1, -0.05) is 12.1 Å². The Morgan fingerprint density at radius 3 is 2.92 bits per heavy atom. The van der Waals surface area contributed by atoms with E-state index in [0.29, 0.717) is 5.89 Å². The molecule has 0 aliphatic carbocycles. The minimum absolute atomic E-state index is 0.288. The summed E-state index contributed by atoms with van der Waals surface area (Å²) in [4.78, 5) is 4.12. The molecule has 12 heavy (non-hydrogen) atoms. The van der Waals surface area contributed by atoms with Gasteiger partial charge in [-0.3, -0.25) is 0 Å². The molecule has 3 nitrogen and oxygen atoms in total. The summed E-state index contributed by atoms with van der Waals surface area (Å²) in [6.07, 6.45) is 0. The topological polar surface area (TPSA) is 38.9 Å². The molecule has 0 amide bonds. The van der Waals surface area contributed by atoms with Crippen molar-refractivity contribution in [2.24, 2.45) is 0 Å². The fourth-order valence-corrected chi connectivity index (χ4v) is 1.67. The first-order chi connectivity index (χ1) is 5.77. The van der Waals surface area contributed by atoms with E-state index in [-0.39, 0.29) is 11.1 Å². The molecule has 0 saturated carbocycles. The van der Waals surface area contributed by atoms with Crippen molar-refractivity contribution in [2.45, 2.75) is 25.0 Å². The molecule has 0 radical (unpaired) electrons. The summed E-state index contributed by atoms with van der Waals surface area (Å²) in [5, 5.41) is 4.10. The minimum atomic E-state index is 0.288. The third kappa shape index (κ3) is 2.38. The maximum Gasteiger partial charge on any atom is 0.241 e. The summed E-state index contributed by atoms with van der Waals surface area (Å²) in [6.45, 7) is 4.15. The molecule has 1 aromatic heterocycles.